The third-order valence-electron chi connectivity index (χ3n) is 5.43. The Morgan fingerprint density at radius 2 is 1.88 bits per heavy atom. The monoisotopic (exact) mass is 454 g/mol. The average molecular weight is 455 g/mol. The normalized spacial score (nSPS) is 16.7. The number of benzene rings is 1. The molecule has 0 aliphatic carbocycles. The maximum absolute atomic E-state index is 14.9. The maximum Gasteiger partial charge on any atom is 0.228 e. The van der Waals surface area contributed by atoms with Gasteiger partial charge in [0, 0.05) is 24.1 Å². The van der Waals surface area contributed by atoms with Crippen molar-refractivity contribution < 1.29 is 13.5 Å². The second-order valence-electron chi connectivity index (χ2n) is 7.66. The van der Waals surface area contributed by atoms with E-state index in [2.05, 4.69) is 19.9 Å². The second-order valence-corrected chi connectivity index (χ2v) is 8.10. The van der Waals surface area contributed by atoms with E-state index in [1.807, 2.05) is 18.7 Å². The topological polar surface area (TPSA) is 90.1 Å². The molecule has 1 saturated heterocycles. The number of rotatable bonds is 3. The number of nitrogens with zero attached hydrogens (tertiary/aromatic N) is 6. The van der Waals surface area contributed by atoms with E-state index >= 15 is 0 Å². The first-order chi connectivity index (χ1) is 15.4. The number of anilines is 1. The molecule has 0 unspecified atom stereocenters. The van der Waals surface area contributed by atoms with Crippen molar-refractivity contribution in [2.75, 3.05) is 24.6 Å². The van der Waals surface area contributed by atoms with Crippen LogP contribution in [0.5, 0.6) is 0 Å². The fourth-order valence-corrected chi connectivity index (χ4v) is 3.81. The van der Waals surface area contributed by atoms with Crippen molar-refractivity contribution in [3.05, 3.63) is 58.3 Å². The number of hydrogen-bond donors (Lipinski definition) is 0. The van der Waals surface area contributed by atoms with Crippen molar-refractivity contribution in [2.24, 2.45) is 0 Å². The largest absolute Gasteiger partial charge is 0.449 e. The fraction of sp³-hybridized carbons (Fsp3) is 0.318. The quantitative estimate of drug-likeness (QED) is 0.450. The molecule has 164 valence electrons. The minimum absolute atomic E-state index is 0.289. The summed E-state index contributed by atoms with van der Waals surface area (Å²) >= 11 is 5.96. The number of fused-ring (bicyclic) bond motifs is 1. The van der Waals surface area contributed by atoms with Crippen molar-refractivity contribution >= 4 is 28.7 Å². The summed E-state index contributed by atoms with van der Waals surface area (Å²) in [5.41, 5.74) is 3.70. The Labute approximate surface area is 188 Å². The van der Waals surface area contributed by atoms with Crippen LogP contribution in [0.25, 0.3) is 22.4 Å². The molecule has 1 aliphatic rings. The molecule has 1 atom stereocenters. The lowest BCUT2D eigenvalue weighted by Crippen LogP contribution is -2.39. The van der Waals surface area contributed by atoms with Gasteiger partial charge in [-0.1, -0.05) is 11.6 Å². The Morgan fingerprint density at radius 1 is 1.06 bits per heavy atom. The summed E-state index contributed by atoms with van der Waals surface area (Å²) in [5, 5.41) is 0.307. The molecule has 0 saturated carbocycles. The minimum Gasteiger partial charge on any atom is -0.449 e. The summed E-state index contributed by atoms with van der Waals surface area (Å²) in [7, 11) is 0. The SMILES string of the molecule is Cc1nc([C@@H]2CN(c3nc(-c4ccc(Cl)cc4F)c4nc(C)c(C)nc4n3)CCO2)co1. The average Bonchev–Trinajstić information content (AvgIpc) is 3.21. The van der Waals surface area contributed by atoms with Crippen LogP contribution in [-0.4, -0.2) is 44.6 Å². The standard InChI is InChI=1S/C22H20ClFN6O2/c1-11-12(2)26-21-20(25-11)19(15-5-4-14(23)8-16(15)24)28-22(29-21)30-6-7-31-18(9-30)17-10-32-13(3)27-17/h4-5,8,10,18H,6-7,9H2,1-3H3/t18-/m0/s1. The highest BCUT2D eigenvalue weighted by Gasteiger charge is 2.27. The molecule has 0 bridgehead atoms. The third-order valence-corrected chi connectivity index (χ3v) is 5.67. The number of halogens is 2. The maximum atomic E-state index is 14.9. The lowest BCUT2D eigenvalue weighted by Gasteiger charge is -2.32. The highest BCUT2D eigenvalue weighted by Crippen LogP contribution is 2.32. The molecule has 0 amide bonds. The van der Waals surface area contributed by atoms with Crippen LogP contribution >= 0.6 is 11.6 Å². The van der Waals surface area contributed by atoms with E-state index in [0.29, 0.717) is 59.1 Å². The zero-order chi connectivity index (χ0) is 22.4. The number of oxazole rings is 1. The molecule has 32 heavy (non-hydrogen) atoms. The van der Waals surface area contributed by atoms with Gasteiger partial charge in [-0.25, -0.2) is 24.3 Å². The molecule has 0 radical (unpaired) electrons. The van der Waals surface area contributed by atoms with Gasteiger partial charge in [0.05, 0.1) is 24.5 Å². The molecule has 4 heterocycles. The highest BCUT2D eigenvalue weighted by molar-refractivity contribution is 6.30. The number of ether oxygens (including phenoxy) is 1. The predicted octanol–water partition coefficient (Wildman–Crippen LogP) is 4.37. The highest BCUT2D eigenvalue weighted by atomic mass is 35.5. The van der Waals surface area contributed by atoms with E-state index in [4.69, 9.17) is 25.7 Å². The molecule has 4 aromatic rings. The molecule has 1 aliphatic heterocycles. The van der Waals surface area contributed by atoms with E-state index in [-0.39, 0.29) is 11.7 Å². The predicted molar refractivity (Wildman–Crippen MR) is 117 cm³/mol. The van der Waals surface area contributed by atoms with Crippen LogP contribution in [0.2, 0.25) is 5.02 Å². The summed E-state index contributed by atoms with van der Waals surface area (Å²) in [6.45, 7) is 7.00. The van der Waals surface area contributed by atoms with Crippen LogP contribution in [0.3, 0.4) is 0 Å². The van der Waals surface area contributed by atoms with Gasteiger partial charge in [0.15, 0.2) is 11.5 Å². The summed E-state index contributed by atoms with van der Waals surface area (Å²) in [6, 6.07) is 4.48. The lowest BCUT2D eigenvalue weighted by atomic mass is 10.1. The van der Waals surface area contributed by atoms with Crippen molar-refractivity contribution in [3.8, 4) is 11.3 Å². The van der Waals surface area contributed by atoms with Crippen molar-refractivity contribution in [1.29, 1.82) is 0 Å². The van der Waals surface area contributed by atoms with E-state index in [1.54, 1.807) is 25.3 Å². The fourth-order valence-electron chi connectivity index (χ4n) is 3.65. The molecule has 8 nitrogen and oxygen atoms in total. The molecule has 3 aromatic heterocycles. The Bertz CT molecular complexity index is 1330. The second kappa shape index (κ2) is 8.07. The molecular weight excluding hydrogens is 435 g/mol. The van der Waals surface area contributed by atoms with E-state index in [0.717, 1.165) is 11.4 Å². The van der Waals surface area contributed by atoms with Crippen molar-refractivity contribution in [1.82, 2.24) is 24.9 Å². The molecular formula is C22H20ClFN6O2. The van der Waals surface area contributed by atoms with E-state index < -0.39 is 5.82 Å². The molecule has 5 rings (SSSR count). The van der Waals surface area contributed by atoms with Crippen LogP contribution in [0.4, 0.5) is 10.3 Å². The Kier molecular flexibility index (Phi) is 5.22. The number of morpholine rings is 1. The Hall–Kier alpha value is -3.17. The first-order valence-electron chi connectivity index (χ1n) is 10.2. The molecule has 10 heteroatoms. The van der Waals surface area contributed by atoms with Crippen LogP contribution in [0, 0.1) is 26.6 Å². The third kappa shape index (κ3) is 3.78. The smallest absolute Gasteiger partial charge is 0.228 e. The Balaban J connectivity index is 1.62. The first kappa shape index (κ1) is 20.7. The Morgan fingerprint density at radius 3 is 2.62 bits per heavy atom. The first-order valence-corrected chi connectivity index (χ1v) is 10.5. The van der Waals surface area contributed by atoms with Gasteiger partial charge < -0.3 is 14.1 Å². The van der Waals surface area contributed by atoms with Crippen molar-refractivity contribution in [2.45, 2.75) is 26.9 Å². The van der Waals surface area contributed by atoms with Crippen LogP contribution in [0.15, 0.2) is 28.9 Å². The van der Waals surface area contributed by atoms with Gasteiger partial charge in [-0.2, -0.15) is 4.98 Å². The summed E-state index contributed by atoms with van der Waals surface area (Å²) in [6.07, 6.45) is 1.30. The van der Waals surface area contributed by atoms with Gasteiger partial charge in [-0.3, -0.25) is 0 Å². The number of aryl methyl sites for hydroxylation is 3. The summed E-state index contributed by atoms with van der Waals surface area (Å²) in [5.74, 6) is 0.513. The van der Waals surface area contributed by atoms with Gasteiger partial charge >= 0.3 is 0 Å². The van der Waals surface area contributed by atoms with Gasteiger partial charge in [0.1, 0.15) is 35.1 Å². The van der Waals surface area contributed by atoms with E-state index in [1.165, 1.54) is 6.07 Å². The number of aromatic nitrogens is 5. The zero-order valence-corrected chi connectivity index (χ0v) is 18.5. The van der Waals surface area contributed by atoms with Gasteiger partial charge in [-0.15, -0.1) is 0 Å². The van der Waals surface area contributed by atoms with E-state index in [9.17, 15) is 4.39 Å². The molecule has 0 N–H and O–H groups in total. The van der Waals surface area contributed by atoms with Crippen molar-refractivity contribution in [3.63, 3.8) is 0 Å². The van der Waals surface area contributed by atoms with Gasteiger partial charge in [0.2, 0.25) is 5.95 Å². The van der Waals surface area contributed by atoms with Crippen LogP contribution < -0.4 is 4.90 Å². The molecule has 1 aromatic carbocycles. The number of hydrogen-bond acceptors (Lipinski definition) is 8. The van der Waals surface area contributed by atoms with Gasteiger partial charge in [0.25, 0.3) is 0 Å². The minimum atomic E-state index is -0.485. The summed E-state index contributed by atoms with van der Waals surface area (Å²) < 4.78 is 26.1. The molecule has 0 spiro atoms. The van der Waals surface area contributed by atoms with Crippen LogP contribution in [0.1, 0.15) is 29.1 Å². The summed E-state index contributed by atoms with van der Waals surface area (Å²) in [4.78, 5) is 24.9. The zero-order valence-electron chi connectivity index (χ0n) is 17.8. The van der Waals surface area contributed by atoms with Crippen LogP contribution in [-0.2, 0) is 4.74 Å². The molecule has 1 fully saturated rings. The van der Waals surface area contributed by atoms with Gasteiger partial charge in [-0.05, 0) is 32.0 Å². The lowest BCUT2D eigenvalue weighted by molar-refractivity contribution is 0.0364.